The van der Waals surface area contributed by atoms with E-state index in [1.807, 2.05) is 6.92 Å². The molecule has 2 heterocycles. The topological polar surface area (TPSA) is 49.2 Å². The van der Waals surface area contributed by atoms with E-state index >= 15 is 0 Å². The number of benzene rings is 1. The van der Waals surface area contributed by atoms with Crippen molar-refractivity contribution in [2.24, 2.45) is 0 Å². The standard InChI is InChI=1S/C14H12FNO2/c1-8-10-7-9(15)4-5-12(10)18-14(8)13(17)11-3-2-6-16-11/h2-7,13,16-17H,1H3. The summed E-state index contributed by atoms with van der Waals surface area (Å²) in [5, 5.41) is 10.9. The molecule has 92 valence electrons. The van der Waals surface area contributed by atoms with E-state index < -0.39 is 6.10 Å². The first-order chi connectivity index (χ1) is 8.66. The van der Waals surface area contributed by atoms with E-state index in [0.29, 0.717) is 22.4 Å². The molecule has 0 aliphatic heterocycles. The normalized spacial score (nSPS) is 13.1. The second kappa shape index (κ2) is 3.99. The van der Waals surface area contributed by atoms with Crippen molar-refractivity contribution < 1.29 is 13.9 Å². The highest BCUT2D eigenvalue weighted by Gasteiger charge is 2.20. The first-order valence-electron chi connectivity index (χ1n) is 5.66. The number of hydrogen-bond acceptors (Lipinski definition) is 2. The van der Waals surface area contributed by atoms with Crippen molar-refractivity contribution in [3.8, 4) is 0 Å². The molecule has 0 spiro atoms. The lowest BCUT2D eigenvalue weighted by Gasteiger charge is -2.06. The summed E-state index contributed by atoms with van der Waals surface area (Å²) in [6.45, 7) is 1.81. The van der Waals surface area contributed by atoms with Crippen LogP contribution in [-0.2, 0) is 0 Å². The van der Waals surface area contributed by atoms with E-state index in [1.165, 1.54) is 12.1 Å². The van der Waals surface area contributed by atoms with Gasteiger partial charge >= 0.3 is 0 Å². The van der Waals surface area contributed by atoms with Crippen LogP contribution in [0.2, 0.25) is 0 Å². The molecule has 0 amide bonds. The summed E-state index contributed by atoms with van der Waals surface area (Å²) >= 11 is 0. The molecule has 0 saturated carbocycles. The lowest BCUT2D eigenvalue weighted by Crippen LogP contribution is -1.99. The molecule has 0 bridgehead atoms. The van der Waals surface area contributed by atoms with Crippen LogP contribution in [0.5, 0.6) is 0 Å². The van der Waals surface area contributed by atoms with Gasteiger partial charge in [0.2, 0.25) is 0 Å². The van der Waals surface area contributed by atoms with Crippen LogP contribution in [-0.4, -0.2) is 10.1 Å². The molecule has 3 nitrogen and oxygen atoms in total. The van der Waals surface area contributed by atoms with Gasteiger partial charge in [-0.1, -0.05) is 0 Å². The molecular formula is C14H12FNO2. The molecule has 4 heteroatoms. The summed E-state index contributed by atoms with van der Waals surface area (Å²) in [4.78, 5) is 2.93. The molecule has 0 radical (unpaired) electrons. The number of nitrogens with one attached hydrogen (secondary N) is 1. The monoisotopic (exact) mass is 245 g/mol. The van der Waals surface area contributed by atoms with Crippen LogP contribution in [0.3, 0.4) is 0 Å². The predicted molar refractivity (Wildman–Crippen MR) is 65.8 cm³/mol. The maximum absolute atomic E-state index is 13.2. The largest absolute Gasteiger partial charge is 0.458 e. The summed E-state index contributed by atoms with van der Waals surface area (Å²) < 4.78 is 18.8. The third-order valence-corrected chi connectivity index (χ3v) is 3.10. The Balaban J connectivity index is 2.15. The Morgan fingerprint density at radius 1 is 1.33 bits per heavy atom. The second-order valence-corrected chi connectivity index (χ2v) is 4.26. The predicted octanol–water partition coefficient (Wildman–Crippen LogP) is 3.29. The minimum Gasteiger partial charge on any atom is -0.458 e. The Morgan fingerprint density at radius 3 is 2.89 bits per heavy atom. The molecule has 0 saturated heterocycles. The van der Waals surface area contributed by atoms with Crippen LogP contribution < -0.4 is 0 Å². The fraction of sp³-hybridized carbons (Fsp3) is 0.143. The van der Waals surface area contributed by atoms with Crippen molar-refractivity contribution >= 4 is 11.0 Å². The van der Waals surface area contributed by atoms with Crippen molar-refractivity contribution in [2.75, 3.05) is 0 Å². The Hall–Kier alpha value is -2.07. The summed E-state index contributed by atoms with van der Waals surface area (Å²) in [5.41, 5.74) is 1.98. The van der Waals surface area contributed by atoms with E-state index in [0.717, 1.165) is 5.56 Å². The van der Waals surface area contributed by atoms with Crippen LogP contribution in [0.15, 0.2) is 40.9 Å². The van der Waals surface area contributed by atoms with E-state index in [1.54, 1.807) is 24.4 Å². The zero-order valence-electron chi connectivity index (χ0n) is 9.77. The van der Waals surface area contributed by atoms with Gasteiger partial charge in [0.1, 0.15) is 17.2 Å². The highest BCUT2D eigenvalue weighted by Crippen LogP contribution is 2.32. The van der Waals surface area contributed by atoms with Crippen LogP contribution in [0, 0.1) is 12.7 Å². The average Bonchev–Trinajstić information content (AvgIpc) is 2.98. The number of aliphatic hydroxyl groups is 1. The zero-order valence-corrected chi connectivity index (χ0v) is 9.77. The number of rotatable bonds is 2. The Kier molecular flexibility index (Phi) is 2.45. The number of H-pyrrole nitrogens is 1. The molecule has 1 atom stereocenters. The van der Waals surface area contributed by atoms with E-state index in [9.17, 15) is 9.50 Å². The quantitative estimate of drug-likeness (QED) is 0.727. The summed E-state index contributed by atoms with van der Waals surface area (Å²) in [7, 11) is 0. The van der Waals surface area contributed by atoms with Gasteiger partial charge in [0.25, 0.3) is 0 Å². The fourth-order valence-electron chi connectivity index (χ4n) is 2.13. The van der Waals surface area contributed by atoms with Gasteiger partial charge in [-0.3, -0.25) is 0 Å². The Labute approximate surface area is 103 Å². The number of furan rings is 1. The first-order valence-corrected chi connectivity index (χ1v) is 5.66. The second-order valence-electron chi connectivity index (χ2n) is 4.26. The molecule has 18 heavy (non-hydrogen) atoms. The molecule has 2 aromatic heterocycles. The summed E-state index contributed by atoms with van der Waals surface area (Å²) in [5.74, 6) is 0.130. The summed E-state index contributed by atoms with van der Waals surface area (Å²) in [6, 6.07) is 7.91. The molecule has 2 N–H and O–H groups in total. The number of hydrogen-bond donors (Lipinski definition) is 2. The van der Waals surface area contributed by atoms with Crippen LogP contribution >= 0.6 is 0 Å². The number of aliphatic hydroxyl groups excluding tert-OH is 1. The van der Waals surface area contributed by atoms with E-state index in [4.69, 9.17) is 4.42 Å². The number of fused-ring (bicyclic) bond motifs is 1. The molecule has 0 aliphatic rings. The number of aromatic amines is 1. The maximum atomic E-state index is 13.2. The molecule has 0 aliphatic carbocycles. The zero-order chi connectivity index (χ0) is 12.7. The molecule has 3 aromatic rings. The van der Waals surface area contributed by atoms with Crippen molar-refractivity contribution in [1.29, 1.82) is 0 Å². The van der Waals surface area contributed by atoms with Gasteiger partial charge in [0, 0.05) is 17.1 Å². The lowest BCUT2D eigenvalue weighted by molar-refractivity contribution is 0.187. The van der Waals surface area contributed by atoms with Crippen molar-refractivity contribution in [1.82, 2.24) is 4.98 Å². The van der Waals surface area contributed by atoms with Crippen LogP contribution in [0.1, 0.15) is 23.1 Å². The minimum atomic E-state index is -0.865. The molecule has 1 unspecified atom stereocenters. The summed E-state index contributed by atoms with van der Waals surface area (Å²) in [6.07, 6.45) is 0.867. The highest BCUT2D eigenvalue weighted by molar-refractivity contribution is 5.82. The third kappa shape index (κ3) is 1.62. The number of aryl methyl sites for hydroxylation is 1. The SMILES string of the molecule is Cc1c(C(O)c2ccc[nH]2)oc2ccc(F)cc12. The molecular weight excluding hydrogens is 233 g/mol. The van der Waals surface area contributed by atoms with Gasteiger partial charge < -0.3 is 14.5 Å². The van der Waals surface area contributed by atoms with E-state index in [2.05, 4.69) is 4.98 Å². The fourth-order valence-corrected chi connectivity index (χ4v) is 2.13. The third-order valence-electron chi connectivity index (χ3n) is 3.10. The van der Waals surface area contributed by atoms with Crippen molar-refractivity contribution in [3.63, 3.8) is 0 Å². The Bertz CT molecular complexity index is 685. The van der Waals surface area contributed by atoms with Crippen LogP contribution in [0.4, 0.5) is 4.39 Å². The van der Waals surface area contributed by atoms with Crippen LogP contribution in [0.25, 0.3) is 11.0 Å². The van der Waals surface area contributed by atoms with E-state index in [-0.39, 0.29) is 5.82 Å². The highest BCUT2D eigenvalue weighted by atomic mass is 19.1. The van der Waals surface area contributed by atoms with Gasteiger partial charge in [-0.25, -0.2) is 4.39 Å². The first kappa shape index (κ1) is 11.0. The number of halogens is 1. The van der Waals surface area contributed by atoms with Gasteiger partial charge in [0.05, 0.1) is 5.69 Å². The maximum Gasteiger partial charge on any atom is 0.151 e. The minimum absolute atomic E-state index is 0.313. The number of aromatic nitrogens is 1. The van der Waals surface area contributed by atoms with Gasteiger partial charge in [-0.05, 0) is 37.3 Å². The molecule has 1 aromatic carbocycles. The molecule has 0 fully saturated rings. The lowest BCUT2D eigenvalue weighted by atomic mass is 10.1. The Morgan fingerprint density at radius 2 is 2.17 bits per heavy atom. The van der Waals surface area contributed by atoms with Gasteiger partial charge in [-0.15, -0.1) is 0 Å². The van der Waals surface area contributed by atoms with Gasteiger partial charge in [0.15, 0.2) is 6.10 Å². The van der Waals surface area contributed by atoms with Crippen molar-refractivity contribution in [2.45, 2.75) is 13.0 Å². The average molecular weight is 245 g/mol. The van der Waals surface area contributed by atoms with Crippen molar-refractivity contribution in [3.05, 3.63) is 59.4 Å². The molecule has 3 rings (SSSR count). The smallest absolute Gasteiger partial charge is 0.151 e. The van der Waals surface area contributed by atoms with Gasteiger partial charge in [-0.2, -0.15) is 0 Å².